The molecule has 0 aromatic heterocycles. The topological polar surface area (TPSA) is 88.1 Å². The molecule has 7 heteroatoms. The van der Waals surface area contributed by atoms with Gasteiger partial charge in [-0.05, 0) is 29.8 Å². The highest BCUT2D eigenvalue weighted by Crippen LogP contribution is 2.24. The number of nitro benzene ring substituents is 1. The van der Waals surface area contributed by atoms with Crippen LogP contribution in [0.3, 0.4) is 0 Å². The van der Waals surface area contributed by atoms with E-state index in [1.807, 2.05) is 6.07 Å². The van der Waals surface area contributed by atoms with Gasteiger partial charge in [0.2, 0.25) is 0 Å². The van der Waals surface area contributed by atoms with Gasteiger partial charge in [0.05, 0.1) is 17.2 Å². The minimum atomic E-state index is -0.453. The number of nitrogens with zero attached hydrogens (tertiary/aromatic N) is 3. The number of halogens is 1. The number of aliphatic hydroxyl groups is 1. The van der Waals surface area contributed by atoms with Gasteiger partial charge in [0.25, 0.3) is 5.69 Å². The maximum absolute atomic E-state index is 10.8. The van der Waals surface area contributed by atoms with Gasteiger partial charge in [-0.15, -0.1) is 5.10 Å². The van der Waals surface area contributed by atoms with Gasteiger partial charge < -0.3 is 5.11 Å². The molecule has 1 N–H and O–H groups in total. The number of fused-ring (bicyclic) bond motifs is 1. The van der Waals surface area contributed by atoms with Crippen molar-refractivity contribution in [2.24, 2.45) is 10.2 Å². The van der Waals surface area contributed by atoms with E-state index in [0.29, 0.717) is 28.4 Å². The molecule has 116 valence electrons. The second-order valence-corrected chi connectivity index (χ2v) is 5.49. The van der Waals surface area contributed by atoms with Crippen molar-refractivity contribution < 1.29 is 10.0 Å². The molecule has 23 heavy (non-hydrogen) atoms. The van der Waals surface area contributed by atoms with E-state index >= 15 is 0 Å². The summed E-state index contributed by atoms with van der Waals surface area (Å²) in [4.78, 5) is 10.3. The van der Waals surface area contributed by atoms with Crippen molar-refractivity contribution in [3.05, 3.63) is 74.3 Å². The normalized spacial score (nSPS) is 13.7. The van der Waals surface area contributed by atoms with Crippen molar-refractivity contribution in [2.75, 3.05) is 6.61 Å². The zero-order valence-electron chi connectivity index (χ0n) is 11.9. The van der Waals surface area contributed by atoms with Crippen LogP contribution < -0.4 is 0 Å². The molecule has 1 heterocycles. The fourth-order valence-corrected chi connectivity index (χ4v) is 2.57. The van der Waals surface area contributed by atoms with Gasteiger partial charge in [0.15, 0.2) is 0 Å². The summed E-state index contributed by atoms with van der Waals surface area (Å²) < 4.78 is 0. The fourth-order valence-electron chi connectivity index (χ4n) is 2.39. The largest absolute Gasteiger partial charge is 0.390 e. The molecule has 0 atom stereocenters. The summed E-state index contributed by atoms with van der Waals surface area (Å²) in [5.74, 6) is 0. The minimum Gasteiger partial charge on any atom is -0.390 e. The lowest BCUT2D eigenvalue weighted by molar-refractivity contribution is -0.384. The predicted molar refractivity (Wildman–Crippen MR) is 88.4 cm³/mol. The molecule has 2 aromatic rings. The summed E-state index contributed by atoms with van der Waals surface area (Å²) in [5.41, 5.74) is 3.57. The Kier molecular flexibility index (Phi) is 4.18. The third-order valence-corrected chi connectivity index (χ3v) is 3.78. The van der Waals surface area contributed by atoms with Crippen LogP contribution in [0.25, 0.3) is 0 Å². The third-order valence-electron chi connectivity index (χ3n) is 3.55. The number of non-ortho nitro benzene ring substituents is 1. The minimum absolute atomic E-state index is 0.00818. The molecule has 0 fully saturated rings. The number of nitro groups is 1. The molecule has 3 rings (SSSR count). The average molecular weight is 330 g/mol. The Morgan fingerprint density at radius 1 is 1.17 bits per heavy atom. The maximum atomic E-state index is 10.8. The van der Waals surface area contributed by atoms with Crippen molar-refractivity contribution in [1.82, 2.24) is 0 Å². The van der Waals surface area contributed by atoms with Crippen molar-refractivity contribution in [3.8, 4) is 0 Å². The quantitative estimate of drug-likeness (QED) is 0.693. The van der Waals surface area contributed by atoms with E-state index in [1.54, 1.807) is 24.3 Å². The smallest absolute Gasteiger partial charge is 0.269 e. The Balaban J connectivity index is 2.13. The van der Waals surface area contributed by atoms with Crippen molar-refractivity contribution in [3.63, 3.8) is 0 Å². The van der Waals surface area contributed by atoms with E-state index in [-0.39, 0.29) is 12.3 Å². The highest BCUT2D eigenvalue weighted by Gasteiger charge is 2.18. The fraction of sp³-hybridized carbons (Fsp3) is 0.125. The summed E-state index contributed by atoms with van der Waals surface area (Å²) in [6.45, 7) is -0.181. The molecular weight excluding hydrogens is 318 g/mol. The van der Waals surface area contributed by atoms with Gasteiger partial charge in [0.1, 0.15) is 5.71 Å². The first-order chi connectivity index (χ1) is 11.1. The van der Waals surface area contributed by atoms with Crippen molar-refractivity contribution >= 4 is 28.7 Å². The molecular formula is C16H12ClN3O3. The lowest BCUT2D eigenvalue weighted by Gasteiger charge is -2.10. The van der Waals surface area contributed by atoms with Gasteiger partial charge in [0, 0.05) is 34.7 Å². The Hall–Kier alpha value is -2.57. The highest BCUT2D eigenvalue weighted by atomic mass is 35.5. The van der Waals surface area contributed by atoms with E-state index in [4.69, 9.17) is 11.6 Å². The van der Waals surface area contributed by atoms with E-state index < -0.39 is 4.92 Å². The number of aliphatic hydroxyl groups excluding tert-OH is 1. The molecule has 0 saturated heterocycles. The standard InChI is InChI=1S/C16H12ClN3O3/c17-12-4-1-11-7-13(9-21)18-19-16(15(11)8-12)10-2-5-14(6-3-10)20(22)23/h1-6,8,21H,7,9H2. The number of hydrogen-bond donors (Lipinski definition) is 1. The zero-order chi connectivity index (χ0) is 16.4. The van der Waals surface area contributed by atoms with E-state index in [1.165, 1.54) is 12.1 Å². The van der Waals surface area contributed by atoms with E-state index in [9.17, 15) is 15.2 Å². The van der Waals surface area contributed by atoms with E-state index in [0.717, 1.165) is 11.1 Å². The zero-order valence-corrected chi connectivity index (χ0v) is 12.7. The average Bonchev–Trinajstić information content (AvgIpc) is 2.74. The van der Waals surface area contributed by atoms with Gasteiger partial charge >= 0.3 is 0 Å². The second-order valence-electron chi connectivity index (χ2n) is 5.06. The molecule has 0 aliphatic carbocycles. The molecule has 2 aromatic carbocycles. The Morgan fingerprint density at radius 2 is 1.91 bits per heavy atom. The molecule has 0 spiro atoms. The van der Waals surface area contributed by atoms with Gasteiger partial charge in [-0.25, -0.2) is 0 Å². The molecule has 1 aliphatic heterocycles. The van der Waals surface area contributed by atoms with Crippen LogP contribution in [-0.2, 0) is 6.42 Å². The van der Waals surface area contributed by atoms with Crippen LogP contribution >= 0.6 is 11.6 Å². The summed E-state index contributed by atoms with van der Waals surface area (Å²) in [5, 5.41) is 29.0. The maximum Gasteiger partial charge on any atom is 0.269 e. The monoisotopic (exact) mass is 329 g/mol. The van der Waals surface area contributed by atoms with E-state index in [2.05, 4.69) is 10.2 Å². The van der Waals surface area contributed by atoms with Gasteiger partial charge in [-0.1, -0.05) is 17.7 Å². The number of benzene rings is 2. The second kappa shape index (κ2) is 6.28. The lowest BCUT2D eigenvalue weighted by atomic mass is 9.95. The van der Waals surface area contributed by atoms with Crippen LogP contribution in [0.5, 0.6) is 0 Å². The molecule has 0 saturated carbocycles. The lowest BCUT2D eigenvalue weighted by Crippen LogP contribution is -2.09. The van der Waals surface area contributed by atoms with Crippen LogP contribution in [0, 0.1) is 10.1 Å². The highest BCUT2D eigenvalue weighted by molar-refractivity contribution is 6.31. The first kappa shape index (κ1) is 15.3. The van der Waals surface area contributed by atoms with Gasteiger partial charge in [-0.3, -0.25) is 10.1 Å². The number of hydrogen-bond acceptors (Lipinski definition) is 5. The summed E-state index contributed by atoms with van der Waals surface area (Å²) in [6, 6.07) is 11.5. The summed E-state index contributed by atoms with van der Waals surface area (Å²) in [7, 11) is 0. The first-order valence-electron chi connectivity index (χ1n) is 6.86. The van der Waals surface area contributed by atoms with Crippen molar-refractivity contribution in [1.29, 1.82) is 0 Å². The van der Waals surface area contributed by atoms with Crippen LogP contribution in [-0.4, -0.2) is 28.1 Å². The Morgan fingerprint density at radius 3 is 2.57 bits per heavy atom. The third kappa shape index (κ3) is 3.13. The van der Waals surface area contributed by atoms with Crippen LogP contribution in [0.4, 0.5) is 5.69 Å². The molecule has 0 radical (unpaired) electrons. The van der Waals surface area contributed by atoms with Crippen LogP contribution in [0.2, 0.25) is 5.02 Å². The van der Waals surface area contributed by atoms with Crippen LogP contribution in [0.15, 0.2) is 52.7 Å². The summed E-state index contributed by atoms with van der Waals surface area (Å²) >= 11 is 6.09. The summed E-state index contributed by atoms with van der Waals surface area (Å²) in [6.07, 6.45) is 0.475. The van der Waals surface area contributed by atoms with Crippen LogP contribution in [0.1, 0.15) is 16.7 Å². The molecule has 0 bridgehead atoms. The number of rotatable bonds is 3. The molecule has 6 nitrogen and oxygen atoms in total. The van der Waals surface area contributed by atoms with Gasteiger partial charge in [-0.2, -0.15) is 5.10 Å². The first-order valence-corrected chi connectivity index (χ1v) is 7.24. The Bertz CT molecular complexity index is 829. The predicted octanol–water partition coefficient (Wildman–Crippen LogP) is 2.99. The molecule has 1 aliphatic rings. The van der Waals surface area contributed by atoms with Crippen molar-refractivity contribution in [2.45, 2.75) is 6.42 Å². The molecule has 0 amide bonds. The SMILES string of the molecule is O=[N+]([O-])c1ccc(C2=NN=C(CO)Cc3ccc(Cl)cc32)cc1. The molecule has 0 unspecified atom stereocenters. The Labute approximate surface area is 136 Å².